The number of H-pyrrole nitrogens is 1. The normalized spacial score (nSPS) is 28.4. The van der Waals surface area contributed by atoms with E-state index in [1.54, 1.807) is 0 Å². The number of aliphatic hydroxyl groups is 2. The Bertz CT molecular complexity index is 633. The van der Waals surface area contributed by atoms with E-state index in [-0.39, 0.29) is 13.2 Å². The Hall–Kier alpha value is -1.96. The van der Waals surface area contributed by atoms with Gasteiger partial charge in [-0.15, -0.1) is 6.42 Å². The monoisotopic (exact) mass is 297 g/mol. The van der Waals surface area contributed by atoms with Gasteiger partial charge in [-0.2, -0.15) is 5.48 Å². The zero-order chi connectivity index (χ0) is 15.4. The zero-order valence-corrected chi connectivity index (χ0v) is 10.9. The van der Waals surface area contributed by atoms with E-state index in [9.17, 15) is 19.8 Å². The van der Waals surface area contributed by atoms with Crippen molar-refractivity contribution in [3.8, 4) is 12.3 Å². The van der Waals surface area contributed by atoms with E-state index in [4.69, 9.17) is 16.0 Å². The van der Waals surface area contributed by atoms with Gasteiger partial charge in [0.1, 0.15) is 18.3 Å². The minimum Gasteiger partial charge on any atom is -0.387 e. The van der Waals surface area contributed by atoms with E-state index in [1.165, 1.54) is 6.20 Å². The average Bonchev–Trinajstić information content (AvgIpc) is 2.72. The first-order valence-electron chi connectivity index (χ1n) is 6.15. The Balaban J connectivity index is 2.07. The summed E-state index contributed by atoms with van der Waals surface area (Å²) >= 11 is 0. The van der Waals surface area contributed by atoms with Crippen molar-refractivity contribution in [2.75, 3.05) is 13.2 Å². The highest BCUT2D eigenvalue weighted by Crippen LogP contribution is 2.28. The molecule has 9 nitrogen and oxygen atoms in total. The molecule has 0 spiro atoms. The molecule has 0 bridgehead atoms. The van der Waals surface area contributed by atoms with Gasteiger partial charge >= 0.3 is 5.69 Å². The van der Waals surface area contributed by atoms with Gasteiger partial charge in [-0.25, -0.2) is 4.79 Å². The predicted octanol–water partition coefficient (Wildman–Crippen LogP) is -2.69. The van der Waals surface area contributed by atoms with E-state index in [1.807, 2.05) is 4.98 Å². The van der Waals surface area contributed by atoms with Crippen molar-refractivity contribution < 1.29 is 19.8 Å². The summed E-state index contributed by atoms with van der Waals surface area (Å²) in [6.45, 7) is 0.0999. The van der Waals surface area contributed by atoms with Gasteiger partial charge in [-0.1, -0.05) is 5.92 Å². The smallest absolute Gasteiger partial charge is 0.330 e. The Kier molecular flexibility index (Phi) is 4.89. The molecule has 114 valence electrons. The molecule has 9 heteroatoms. The van der Waals surface area contributed by atoms with Gasteiger partial charge in [-0.05, 0) is 0 Å². The molecule has 4 N–H and O–H groups in total. The molecule has 1 aromatic rings. The lowest BCUT2D eigenvalue weighted by molar-refractivity contribution is -0.0859. The van der Waals surface area contributed by atoms with Gasteiger partial charge in [0.25, 0.3) is 5.56 Å². The minimum absolute atomic E-state index is 0.0749. The van der Waals surface area contributed by atoms with Crippen molar-refractivity contribution in [1.82, 2.24) is 15.0 Å². The molecule has 1 aliphatic heterocycles. The molecule has 1 aliphatic rings. The lowest BCUT2D eigenvalue weighted by Gasteiger charge is -2.16. The van der Waals surface area contributed by atoms with Crippen LogP contribution in [0.25, 0.3) is 0 Å². The summed E-state index contributed by atoms with van der Waals surface area (Å²) in [6.07, 6.45) is 1.64. The molecule has 2 unspecified atom stereocenters. The number of ether oxygens (including phenoxy) is 1. The molecule has 1 fully saturated rings. The standard InChI is InChI=1S/C12H15N3O6/c1-2-4-13-20-6-7-9(17)10(18)11(21-7)15-5-3-8(16)14-12(15)19/h1,3,5,7,9-11,13,17-18H,4,6H2,(H,14,16,19)/t7-,9?,10?,11-/m0/s1. The molecule has 0 saturated carbocycles. The van der Waals surface area contributed by atoms with Gasteiger partial charge in [-0.3, -0.25) is 19.2 Å². The third-order valence-electron chi connectivity index (χ3n) is 2.99. The van der Waals surface area contributed by atoms with Crippen molar-refractivity contribution in [2.24, 2.45) is 0 Å². The molecular weight excluding hydrogens is 282 g/mol. The number of aromatic nitrogens is 2. The lowest BCUT2D eigenvalue weighted by Crippen LogP contribution is -2.38. The van der Waals surface area contributed by atoms with Crippen molar-refractivity contribution in [2.45, 2.75) is 24.5 Å². The number of aromatic amines is 1. The average molecular weight is 297 g/mol. The first-order valence-corrected chi connectivity index (χ1v) is 6.15. The SMILES string of the molecule is C#CCNOC[C@@H]1O[C@H](n2ccc(=O)[nH]c2=O)C(O)C1O. The summed E-state index contributed by atoms with van der Waals surface area (Å²) in [6, 6.07) is 1.11. The van der Waals surface area contributed by atoms with E-state index in [2.05, 4.69) is 11.4 Å². The largest absolute Gasteiger partial charge is 0.387 e. The maximum atomic E-state index is 11.7. The van der Waals surface area contributed by atoms with Crippen LogP contribution in [-0.4, -0.2) is 51.2 Å². The molecule has 0 amide bonds. The van der Waals surface area contributed by atoms with Crippen LogP contribution in [0.4, 0.5) is 0 Å². The molecule has 4 atom stereocenters. The highest BCUT2D eigenvalue weighted by atomic mass is 16.7. The first-order chi connectivity index (χ1) is 10.0. The highest BCUT2D eigenvalue weighted by molar-refractivity contribution is 4.93. The van der Waals surface area contributed by atoms with E-state index >= 15 is 0 Å². The summed E-state index contributed by atoms with van der Waals surface area (Å²) in [5, 5.41) is 19.8. The summed E-state index contributed by atoms with van der Waals surface area (Å²) < 4.78 is 6.39. The Morgan fingerprint density at radius 3 is 2.90 bits per heavy atom. The fourth-order valence-corrected chi connectivity index (χ4v) is 1.96. The topological polar surface area (TPSA) is 126 Å². The van der Waals surface area contributed by atoms with Gasteiger partial charge < -0.3 is 14.9 Å². The molecule has 0 aliphatic carbocycles. The highest BCUT2D eigenvalue weighted by Gasteiger charge is 2.44. The van der Waals surface area contributed by atoms with Crippen LogP contribution >= 0.6 is 0 Å². The second-order valence-corrected chi connectivity index (χ2v) is 4.40. The number of hydrogen-bond acceptors (Lipinski definition) is 7. The Labute approximate surface area is 119 Å². The molecule has 21 heavy (non-hydrogen) atoms. The number of hydroxylamine groups is 1. The quantitative estimate of drug-likeness (QED) is 0.265. The van der Waals surface area contributed by atoms with Gasteiger partial charge in [0.2, 0.25) is 0 Å². The van der Waals surface area contributed by atoms with Crippen molar-refractivity contribution >= 4 is 0 Å². The van der Waals surface area contributed by atoms with Gasteiger partial charge in [0, 0.05) is 12.3 Å². The van der Waals surface area contributed by atoms with Crippen LogP contribution in [-0.2, 0) is 9.57 Å². The Morgan fingerprint density at radius 1 is 1.48 bits per heavy atom. The third-order valence-corrected chi connectivity index (χ3v) is 2.99. The van der Waals surface area contributed by atoms with Crippen molar-refractivity contribution in [3.05, 3.63) is 33.1 Å². The molecule has 2 rings (SSSR count). The maximum absolute atomic E-state index is 11.7. The van der Waals surface area contributed by atoms with Crippen LogP contribution in [0.2, 0.25) is 0 Å². The number of terminal acetylenes is 1. The zero-order valence-electron chi connectivity index (χ0n) is 10.9. The van der Waals surface area contributed by atoms with Crippen LogP contribution in [0, 0.1) is 12.3 Å². The third kappa shape index (κ3) is 3.38. The fraction of sp³-hybridized carbons (Fsp3) is 0.500. The van der Waals surface area contributed by atoms with Gasteiger partial charge in [0.05, 0.1) is 13.2 Å². The second-order valence-electron chi connectivity index (χ2n) is 4.40. The van der Waals surface area contributed by atoms with E-state index in [0.29, 0.717) is 0 Å². The number of nitrogens with one attached hydrogen (secondary N) is 2. The summed E-state index contributed by atoms with van der Waals surface area (Å²) in [5.41, 5.74) is 1.13. The maximum Gasteiger partial charge on any atom is 0.330 e. The van der Waals surface area contributed by atoms with Crippen LogP contribution < -0.4 is 16.7 Å². The Morgan fingerprint density at radius 2 is 2.24 bits per heavy atom. The molecule has 0 aromatic carbocycles. The van der Waals surface area contributed by atoms with Crippen molar-refractivity contribution in [3.63, 3.8) is 0 Å². The van der Waals surface area contributed by atoms with E-state index in [0.717, 1.165) is 10.6 Å². The molecule has 1 aromatic heterocycles. The number of nitrogens with zero attached hydrogens (tertiary/aromatic N) is 1. The molecule has 0 radical (unpaired) electrons. The van der Waals surface area contributed by atoms with E-state index < -0.39 is 35.8 Å². The summed E-state index contributed by atoms with van der Waals surface area (Å²) in [7, 11) is 0. The predicted molar refractivity (Wildman–Crippen MR) is 70.0 cm³/mol. The van der Waals surface area contributed by atoms with Gasteiger partial charge in [0.15, 0.2) is 6.23 Å². The van der Waals surface area contributed by atoms with Crippen molar-refractivity contribution in [1.29, 1.82) is 0 Å². The summed E-state index contributed by atoms with van der Waals surface area (Å²) in [4.78, 5) is 29.7. The molecule has 1 saturated heterocycles. The minimum atomic E-state index is -1.34. The fourth-order valence-electron chi connectivity index (χ4n) is 1.96. The number of aliphatic hydroxyl groups excluding tert-OH is 2. The molecule has 2 heterocycles. The lowest BCUT2D eigenvalue weighted by atomic mass is 10.1. The van der Waals surface area contributed by atoms with Crippen LogP contribution in [0.1, 0.15) is 6.23 Å². The van der Waals surface area contributed by atoms with Crippen LogP contribution in [0.15, 0.2) is 21.9 Å². The van der Waals surface area contributed by atoms with Crippen LogP contribution in [0.5, 0.6) is 0 Å². The number of hydrogen-bond donors (Lipinski definition) is 4. The first kappa shape index (κ1) is 15.4. The second kappa shape index (κ2) is 6.66. The van der Waals surface area contributed by atoms with Crippen LogP contribution in [0.3, 0.4) is 0 Å². The molecular formula is C12H15N3O6. The number of rotatable bonds is 5. The summed E-state index contributed by atoms with van der Waals surface area (Å²) in [5.74, 6) is 2.29.